The minimum atomic E-state index is -0.603. The minimum absolute atomic E-state index is 0.114. The monoisotopic (exact) mass is 311 g/mol. The van der Waals surface area contributed by atoms with Crippen molar-refractivity contribution >= 4 is 5.69 Å². The Morgan fingerprint density at radius 1 is 0.696 bits per heavy atom. The third kappa shape index (κ3) is 3.86. The van der Waals surface area contributed by atoms with Gasteiger partial charge in [0.25, 0.3) is 0 Å². The lowest BCUT2D eigenvalue weighted by atomic mass is 10.2. The van der Waals surface area contributed by atoms with E-state index in [1.807, 2.05) is 54.6 Å². The highest BCUT2D eigenvalue weighted by atomic mass is 19.1. The molecule has 3 aromatic rings. The molecule has 0 spiro atoms. The zero-order valence-corrected chi connectivity index (χ0v) is 12.3. The topological polar surface area (TPSA) is 21.3 Å². The lowest BCUT2D eigenvalue weighted by molar-refractivity contribution is 0.482. The van der Waals surface area contributed by atoms with Crippen LogP contribution in [0.1, 0.15) is 5.56 Å². The van der Waals surface area contributed by atoms with Crippen LogP contribution in [0.2, 0.25) is 0 Å². The first-order valence-corrected chi connectivity index (χ1v) is 7.22. The number of halogens is 2. The fourth-order valence-electron chi connectivity index (χ4n) is 2.16. The molecule has 0 aromatic heterocycles. The van der Waals surface area contributed by atoms with Crippen molar-refractivity contribution in [3.8, 4) is 11.5 Å². The van der Waals surface area contributed by atoms with Crippen molar-refractivity contribution in [3.05, 3.63) is 90.0 Å². The van der Waals surface area contributed by atoms with Gasteiger partial charge in [-0.1, -0.05) is 36.4 Å². The van der Waals surface area contributed by atoms with Crippen molar-refractivity contribution in [3.63, 3.8) is 0 Å². The van der Waals surface area contributed by atoms with Gasteiger partial charge in [0, 0.05) is 6.54 Å². The molecule has 0 amide bonds. The van der Waals surface area contributed by atoms with Crippen molar-refractivity contribution in [2.75, 3.05) is 5.32 Å². The van der Waals surface area contributed by atoms with Crippen LogP contribution >= 0.6 is 0 Å². The average Bonchev–Trinajstić information content (AvgIpc) is 2.57. The first-order chi connectivity index (χ1) is 11.2. The maximum Gasteiger partial charge on any atom is 0.149 e. The molecule has 0 atom stereocenters. The van der Waals surface area contributed by atoms with Gasteiger partial charge in [-0.25, -0.2) is 8.78 Å². The Morgan fingerprint density at radius 3 is 1.96 bits per heavy atom. The van der Waals surface area contributed by atoms with E-state index in [2.05, 4.69) is 5.32 Å². The molecular formula is C19H15F2NO. The van der Waals surface area contributed by atoms with E-state index in [-0.39, 0.29) is 5.69 Å². The number of hydrogen-bond acceptors (Lipinski definition) is 2. The van der Waals surface area contributed by atoms with Gasteiger partial charge in [-0.15, -0.1) is 0 Å². The third-order valence-electron chi connectivity index (χ3n) is 3.33. The van der Waals surface area contributed by atoms with Crippen LogP contribution in [0.15, 0.2) is 72.8 Å². The molecular weight excluding hydrogens is 296 g/mol. The Kier molecular flexibility index (Phi) is 4.52. The molecule has 3 aromatic carbocycles. The van der Waals surface area contributed by atoms with Gasteiger partial charge < -0.3 is 10.1 Å². The van der Waals surface area contributed by atoms with E-state index >= 15 is 0 Å². The van der Waals surface area contributed by atoms with Crippen LogP contribution < -0.4 is 10.1 Å². The highest BCUT2D eigenvalue weighted by Gasteiger charge is 2.07. The van der Waals surface area contributed by atoms with Gasteiger partial charge >= 0.3 is 0 Å². The SMILES string of the molecule is Fc1cccc(F)c1NCc1ccc(Oc2ccccc2)cc1. The Hall–Kier alpha value is -2.88. The second-order valence-electron chi connectivity index (χ2n) is 5.01. The van der Waals surface area contributed by atoms with E-state index in [9.17, 15) is 8.78 Å². The summed E-state index contributed by atoms with van der Waals surface area (Å²) in [6.07, 6.45) is 0. The van der Waals surface area contributed by atoms with Gasteiger partial charge in [-0.3, -0.25) is 0 Å². The van der Waals surface area contributed by atoms with Gasteiger partial charge in [0.2, 0.25) is 0 Å². The maximum absolute atomic E-state index is 13.5. The van der Waals surface area contributed by atoms with E-state index in [0.29, 0.717) is 12.3 Å². The van der Waals surface area contributed by atoms with E-state index in [1.165, 1.54) is 18.2 Å². The van der Waals surface area contributed by atoms with Crippen LogP contribution in [0.25, 0.3) is 0 Å². The minimum Gasteiger partial charge on any atom is -0.457 e. The van der Waals surface area contributed by atoms with Gasteiger partial charge in [-0.2, -0.15) is 0 Å². The van der Waals surface area contributed by atoms with Crippen LogP contribution in [-0.2, 0) is 6.54 Å². The lowest BCUT2D eigenvalue weighted by Gasteiger charge is -2.10. The third-order valence-corrected chi connectivity index (χ3v) is 3.33. The highest BCUT2D eigenvalue weighted by molar-refractivity contribution is 5.46. The largest absolute Gasteiger partial charge is 0.457 e. The molecule has 0 aliphatic rings. The van der Waals surface area contributed by atoms with Crippen molar-refractivity contribution in [1.29, 1.82) is 0 Å². The number of rotatable bonds is 5. The molecule has 2 nitrogen and oxygen atoms in total. The van der Waals surface area contributed by atoms with Crippen LogP contribution in [-0.4, -0.2) is 0 Å². The quantitative estimate of drug-likeness (QED) is 0.684. The molecule has 0 saturated heterocycles. The standard InChI is InChI=1S/C19H15F2NO/c20-17-7-4-8-18(21)19(17)22-13-14-9-11-16(12-10-14)23-15-5-2-1-3-6-15/h1-12,22H,13H2. The van der Waals surface area contributed by atoms with Crippen LogP contribution in [0, 0.1) is 11.6 Å². The maximum atomic E-state index is 13.5. The Bertz CT molecular complexity index is 753. The summed E-state index contributed by atoms with van der Waals surface area (Å²) in [7, 11) is 0. The summed E-state index contributed by atoms with van der Waals surface area (Å²) in [5.74, 6) is 0.256. The number of nitrogens with one attached hydrogen (secondary N) is 1. The molecule has 116 valence electrons. The average molecular weight is 311 g/mol. The summed E-state index contributed by atoms with van der Waals surface area (Å²) in [4.78, 5) is 0. The predicted molar refractivity (Wildman–Crippen MR) is 86.6 cm³/mol. The molecule has 3 rings (SSSR count). The van der Waals surface area contributed by atoms with Crippen molar-refractivity contribution in [2.24, 2.45) is 0 Å². The van der Waals surface area contributed by atoms with Crippen LogP contribution in [0.4, 0.5) is 14.5 Å². The number of ether oxygens (including phenoxy) is 1. The smallest absolute Gasteiger partial charge is 0.149 e. The number of benzene rings is 3. The van der Waals surface area contributed by atoms with E-state index < -0.39 is 11.6 Å². The fourth-order valence-corrected chi connectivity index (χ4v) is 2.16. The molecule has 23 heavy (non-hydrogen) atoms. The molecule has 4 heteroatoms. The Balaban J connectivity index is 1.64. The van der Waals surface area contributed by atoms with Crippen LogP contribution in [0.3, 0.4) is 0 Å². The number of para-hydroxylation sites is 2. The lowest BCUT2D eigenvalue weighted by Crippen LogP contribution is -2.03. The Morgan fingerprint density at radius 2 is 1.30 bits per heavy atom. The molecule has 0 aliphatic heterocycles. The predicted octanol–water partition coefficient (Wildman–Crippen LogP) is 5.37. The molecule has 0 heterocycles. The molecule has 0 aliphatic carbocycles. The summed E-state index contributed by atoms with van der Waals surface area (Å²) in [5, 5.41) is 2.78. The number of hydrogen-bond donors (Lipinski definition) is 1. The van der Waals surface area contributed by atoms with Gasteiger partial charge in [0.05, 0.1) is 0 Å². The normalized spacial score (nSPS) is 10.3. The van der Waals surface area contributed by atoms with E-state index in [0.717, 1.165) is 11.3 Å². The fraction of sp³-hybridized carbons (Fsp3) is 0.0526. The van der Waals surface area contributed by atoms with Gasteiger partial charge in [0.1, 0.15) is 28.8 Å². The zero-order valence-electron chi connectivity index (χ0n) is 12.3. The van der Waals surface area contributed by atoms with Gasteiger partial charge in [0.15, 0.2) is 0 Å². The summed E-state index contributed by atoms with van der Waals surface area (Å²) in [5.41, 5.74) is 0.783. The molecule has 0 saturated carbocycles. The molecule has 0 bridgehead atoms. The second-order valence-corrected chi connectivity index (χ2v) is 5.01. The summed E-state index contributed by atoms with van der Waals surface area (Å²) in [6.45, 7) is 0.323. The number of anilines is 1. The first kappa shape index (κ1) is 15.0. The van der Waals surface area contributed by atoms with E-state index in [1.54, 1.807) is 0 Å². The first-order valence-electron chi connectivity index (χ1n) is 7.22. The van der Waals surface area contributed by atoms with Crippen molar-refractivity contribution < 1.29 is 13.5 Å². The molecule has 0 unspecified atom stereocenters. The summed E-state index contributed by atoms with van der Waals surface area (Å²) >= 11 is 0. The molecule has 0 fully saturated rings. The van der Waals surface area contributed by atoms with Crippen LogP contribution in [0.5, 0.6) is 11.5 Å². The highest BCUT2D eigenvalue weighted by Crippen LogP contribution is 2.22. The van der Waals surface area contributed by atoms with E-state index in [4.69, 9.17) is 4.74 Å². The summed E-state index contributed by atoms with van der Waals surface area (Å²) in [6, 6.07) is 20.6. The zero-order chi connectivity index (χ0) is 16.1. The van der Waals surface area contributed by atoms with Gasteiger partial charge in [-0.05, 0) is 42.0 Å². The Labute approximate surface area is 133 Å². The van der Waals surface area contributed by atoms with Crippen molar-refractivity contribution in [2.45, 2.75) is 6.54 Å². The summed E-state index contributed by atoms with van der Waals surface area (Å²) < 4.78 is 32.8. The van der Waals surface area contributed by atoms with Crippen molar-refractivity contribution in [1.82, 2.24) is 0 Å². The second kappa shape index (κ2) is 6.92. The molecule has 1 N–H and O–H groups in total. The molecule has 0 radical (unpaired) electrons.